The van der Waals surface area contributed by atoms with Gasteiger partial charge in [0.2, 0.25) is 5.91 Å². The Morgan fingerprint density at radius 3 is 2.40 bits per heavy atom. The summed E-state index contributed by atoms with van der Waals surface area (Å²) in [4.78, 5) is 24.3. The van der Waals surface area contributed by atoms with Crippen molar-refractivity contribution in [1.29, 1.82) is 0 Å². The number of nitrogens with zero attached hydrogens (tertiary/aromatic N) is 1. The number of hydrogen-bond acceptors (Lipinski definition) is 2. The molecule has 1 aliphatic carbocycles. The van der Waals surface area contributed by atoms with Crippen LogP contribution in [-0.2, 0) is 16.1 Å². The molecule has 1 amide bonds. The summed E-state index contributed by atoms with van der Waals surface area (Å²) in [5.41, 5.74) is 0.857. The average Bonchev–Trinajstić information content (AvgIpc) is 3.21. The lowest BCUT2D eigenvalue weighted by atomic mass is 10.2. The van der Waals surface area contributed by atoms with Crippen molar-refractivity contribution >= 4 is 11.9 Å². The first-order valence-corrected chi connectivity index (χ1v) is 6.78. The average molecular weight is 279 g/mol. The van der Waals surface area contributed by atoms with Crippen LogP contribution >= 0.6 is 0 Å². The summed E-state index contributed by atoms with van der Waals surface area (Å²) in [5.74, 6) is -0.890. The van der Waals surface area contributed by atoms with Crippen molar-refractivity contribution in [2.45, 2.75) is 32.2 Å². The molecule has 0 saturated heterocycles. The number of carboxylic acids is 1. The van der Waals surface area contributed by atoms with Gasteiger partial charge in [0.05, 0.1) is 6.42 Å². The van der Waals surface area contributed by atoms with E-state index in [0.29, 0.717) is 19.0 Å². The number of halogens is 1. The van der Waals surface area contributed by atoms with Gasteiger partial charge in [-0.3, -0.25) is 9.59 Å². The number of aliphatic carboxylic acids is 1. The second kappa shape index (κ2) is 6.50. The monoisotopic (exact) mass is 279 g/mol. The van der Waals surface area contributed by atoms with Gasteiger partial charge in [0.1, 0.15) is 5.82 Å². The van der Waals surface area contributed by atoms with Gasteiger partial charge in [0.15, 0.2) is 0 Å². The maximum Gasteiger partial charge on any atom is 0.303 e. The molecule has 1 fully saturated rings. The molecule has 0 aliphatic heterocycles. The summed E-state index contributed by atoms with van der Waals surface area (Å²) in [6.45, 7) is 1.07. The quantitative estimate of drug-likeness (QED) is 0.834. The SMILES string of the molecule is O=C(O)CCC(=O)N(Cc1ccc(F)cc1)CC1CC1. The van der Waals surface area contributed by atoms with E-state index in [1.807, 2.05) is 0 Å². The Kier molecular flexibility index (Phi) is 4.71. The molecular formula is C15H18FNO3. The van der Waals surface area contributed by atoms with Gasteiger partial charge in [-0.05, 0) is 36.5 Å². The lowest BCUT2D eigenvalue weighted by Crippen LogP contribution is -2.32. The van der Waals surface area contributed by atoms with E-state index in [1.54, 1.807) is 17.0 Å². The molecule has 0 aromatic heterocycles. The molecule has 0 spiro atoms. The molecule has 2 rings (SSSR count). The van der Waals surface area contributed by atoms with Crippen LogP contribution in [0.5, 0.6) is 0 Å². The summed E-state index contributed by atoms with van der Waals surface area (Å²) in [6.07, 6.45) is 2.10. The van der Waals surface area contributed by atoms with Gasteiger partial charge in [-0.25, -0.2) is 4.39 Å². The first-order chi connectivity index (χ1) is 9.54. The van der Waals surface area contributed by atoms with Gasteiger partial charge in [0, 0.05) is 19.5 Å². The van der Waals surface area contributed by atoms with Crippen LogP contribution in [0, 0.1) is 11.7 Å². The maximum absolute atomic E-state index is 12.9. The smallest absolute Gasteiger partial charge is 0.303 e. The zero-order chi connectivity index (χ0) is 14.5. The van der Waals surface area contributed by atoms with E-state index >= 15 is 0 Å². The van der Waals surface area contributed by atoms with Crippen molar-refractivity contribution in [3.05, 3.63) is 35.6 Å². The molecule has 0 atom stereocenters. The highest BCUT2D eigenvalue weighted by molar-refractivity contribution is 5.80. The zero-order valence-electron chi connectivity index (χ0n) is 11.2. The van der Waals surface area contributed by atoms with Crippen LogP contribution in [0.1, 0.15) is 31.2 Å². The Bertz CT molecular complexity index is 482. The minimum Gasteiger partial charge on any atom is -0.481 e. The van der Waals surface area contributed by atoms with Crippen molar-refractivity contribution < 1.29 is 19.1 Å². The van der Waals surface area contributed by atoms with E-state index in [0.717, 1.165) is 18.4 Å². The van der Waals surface area contributed by atoms with Crippen LogP contribution in [0.2, 0.25) is 0 Å². The Morgan fingerprint density at radius 1 is 1.20 bits per heavy atom. The number of carbonyl (C=O) groups excluding carboxylic acids is 1. The molecule has 1 N–H and O–H groups in total. The zero-order valence-corrected chi connectivity index (χ0v) is 11.2. The van der Waals surface area contributed by atoms with Crippen LogP contribution in [0.4, 0.5) is 4.39 Å². The molecule has 4 nitrogen and oxygen atoms in total. The van der Waals surface area contributed by atoms with Crippen LogP contribution < -0.4 is 0 Å². The van der Waals surface area contributed by atoms with E-state index in [4.69, 9.17) is 5.11 Å². The normalized spacial score (nSPS) is 14.1. The van der Waals surface area contributed by atoms with E-state index < -0.39 is 5.97 Å². The van der Waals surface area contributed by atoms with Crippen molar-refractivity contribution in [3.63, 3.8) is 0 Å². The highest BCUT2D eigenvalue weighted by Gasteiger charge is 2.26. The molecule has 20 heavy (non-hydrogen) atoms. The number of benzene rings is 1. The molecule has 5 heteroatoms. The largest absolute Gasteiger partial charge is 0.481 e. The van der Waals surface area contributed by atoms with Crippen molar-refractivity contribution in [2.24, 2.45) is 5.92 Å². The van der Waals surface area contributed by atoms with Crippen LogP contribution in [0.15, 0.2) is 24.3 Å². The topological polar surface area (TPSA) is 57.6 Å². The van der Waals surface area contributed by atoms with E-state index in [1.165, 1.54) is 12.1 Å². The van der Waals surface area contributed by atoms with E-state index in [-0.39, 0.29) is 24.6 Å². The predicted octanol–water partition coefficient (Wildman–Crippen LogP) is 2.43. The highest BCUT2D eigenvalue weighted by atomic mass is 19.1. The molecular weight excluding hydrogens is 261 g/mol. The van der Waals surface area contributed by atoms with Crippen LogP contribution in [-0.4, -0.2) is 28.4 Å². The van der Waals surface area contributed by atoms with Crippen LogP contribution in [0.25, 0.3) is 0 Å². The number of carboxylic acid groups (broad SMARTS) is 1. The number of hydrogen-bond donors (Lipinski definition) is 1. The van der Waals surface area contributed by atoms with Gasteiger partial charge >= 0.3 is 5.97 Å². The number of rotatable bonds is 7. The minimum atomic E-state index is -0.966. The number of carbonyl (C=O) groups is 2. The Hall–Kier alpha value is -1.91. The standard InChI is InChI=1S/C15H18FNO3/c16-13-5-3-12(4-6-13)10-17(9-11-1-2-11)14(18)7-8-15(19)20/h3-6,11H,1-2,7-10H2,(H,19,20). The first-order valence-electron chi connectivity index (χ1n) is 6.78. The number of amides is 1. The van der Waals surface area contributed by atoms with Gasteiger partial charge in [-0.2, -0.15) is 0 Å². The van der Waals surface area contributed by atoms with Crippen molar-refractivity contribution in [3.8, 4) is 0 Å². The van der Waals surface area contributed by atoms with Crippen molar-refractivity contribution in [2.75, 3.05) is 6.54 Å². The fraction of sp³-hybridized carbons (Fsp3) is 0.467. The van der Waals surface area contributed by atoms with Crippen LogP contribution in [0.3, 0.4) is 0 Å². The second-order valence-electron chi connectivity index (χ2n) is 5.24. The summed E-state index contributed by atoms with van der Waals surface area (Å²) < 4.78 is 12.9. The molecule has 0 unspecified atom stereocenters. The first kappa shape index (κ1) is 14.5. The summed E-state index contributed by atoms with van der Waals surface area (Å²) in [6, 6.07) is 6.04. The predicted molar refractivity (Wildman–Crippen MR) is 71.4 cm³/mol. The fourth-order valence-corrected chi connectivity index (χ4v) is 2.05. The molecule has 108 valence electrons. The Balaban J connectivity index is 1.96. The van der Waals surface area contributed by atoms with Gasteiger partial charge in [-0.15, -0.1) is 0 Å². The van der Waals surface area contributed by atoms with E-state index in [9.17, 15) is 14.0 Å². The van der Waals surface area contributed by atoms with Crippen molar-refractivity contribution in [1.82, 2.24) is 4.90 Å². The van der Waals surface area contributed by atoms with Gasteiger partial charge < -0.3 is 10.0 Å². The molecule has 0 radical (unpaired) electrons. The lowest BCUT2D eigenvalue weighted by molar-refractivity contribution is -0.141. The van der Waals surface area contributed by atoms with Gasteiger partial charge in [-0.1, -0.05) is 12.1 Å². The lowest BCUT2D eigenvalue weighted by Gasteiger charge is -2.22. The molecule has 0 bridgehead atoms. The summed E-state index contributed by atoms with van der Waals surface area (Å²) in [7, 11) is 0. The fourth-order valence-electron chi connectivity index (χ4n) is 2.05. The second-order valence-corrected chi connectivity index (χ2v) is 5.24. The molecule has 1 aromatic carbocycles. The van der Waals surface area contributed by atoms with E-state index in [2.05, 4.69) is 0 Å². The third-order valence-electron chi connectivity index (χ3n) is 3.37. The molecule has 0 heterocycles. The Labute approximate surface area is 117 Å². The highest BCUT2D eigenvalue weighted by Crippen LogP contribution is 2.30. The minimum absolute atomic E-state index is 0.0171. The molecule has 1 aliphatic rings. The third kappa shape index (κ3) is 4.64. The molecule has 1 saturated carbocycles. The summed E-state index contributed by atoms with van der Waals surface area (Å²) in [5, 5.41) is 8.65. The Morgan fingerprint density at radius 2 is 1.85 bits per heavy atom. The summed E-state index contributed by atoms with van der Waals surface area (Å²) >= 11 is 0. The molecule has 1 aromatic rings. The third-order valence-corrected chi connectivity index (χ3v) is 3.37. The maximum atomic E-state index is 12.9. The van der Waals surface area contributed by atoms with Gasteiger partial charge in [0.25, 0.3) is 0 Å².